The van der Waals surface area contributed by atoms with Gasteiger partial charge in [0.05, 0.1) is 11.0 Å². The molecule has 0 aromatic heterocycles. The van der Waals surface area contributed by atoms with Gasteiger partial charge in [0.1, 0.15) is 11.5 Å². The summed E-state index contributed by atoms with van der Waals surface area (Å²) in [6.45, 7) is 1.96. The lowest BCUT2D eigenvalue weighted by Crippen LogP contribution is -2.33. The van der Waals surface area contributed by atoms with Crippen molar-refractivity contribution in [3.8, 4) is 0 Å². The zero-order valence-electron chi connectivity index (χ0n) is 9.70. The molecule has 0 aliphatic heterocycles. The van der Waals surface area contributed by atoms with E-state index in [1.165, 1.54) is 13.0 Å². The molecule has 8 heteroatoms. The quantitative estimate of drug-likeness (QED) is 0.416. The predicted octanol–water partition coefficient (Wildman–Crippen LogP) is 1.12. The van der Waals surface area contributed by atoms with Crippen LogP contribution in [0.15, 0.2) is 12.1 Å². The Balaban J connectivity index is 2.77. The van der Waals surface area contributed by atoms with Gasteiger partial charge in [-0.05, 0) is 18.6 Å². The van der Waals surface area contributed by atoms with Gasteiger partial charge < -0.3 is 16.4 Å². The minimum absolute atomic E-state index is 0.199. The van der Waals surface area contributed by atoms with Crippen LogP contribution in [0.3, 0.4) is 0 Å². The van der Waals surface area contributed by atoms with E-state index >= 15 is 0 Å². The predicted molar refractivity (Wildman–Crippen MR) is 63.9 cm³/mol. The zero-order chi connectivity index (χ0) is 13.7. The second-order valence-electron chi connectivity index (χ2n) is 3.59. The Morgan fingerprint density at radius 2 is 2.17 bits per heavy atom. The molecule has 0 saturated heterocycles. The van der Waals surface area contributed by atoms with Gasteiger partial charge in [-0.3, -0.25) is 10.1 Å². The lowest BCUT2D eigenvalue weighted by molar-refractivity contribution is -0.384. The molecule has 0 unspecified atom stereocenters. The largest absolute Gasteiger partial charge is 0.378 e. The first kappa shape index (κ1) is 13.7. The fourth-order valence-corrected chi connectivity index (χ4v) is 1.35. The third-order valence-corrected chi connectivity index (χ3v) is 2.21. The van der Waals surface area contributed by atoms with E-state index in [4.69, 9.17) is 5.73 Å². The van der Waals surface area contributed by atoms with Gasteiger partial charge in [-0.1, -0.05) is 0 Å². The minimum Gasteiger partial charge on any atom is -0.378 e. The van der Waals surface area contributed by atoms with E-state index in [-0.39, 0.29) is 24.5 Å². The molecule has 98 valence electrons. The van der Waals surface area contributed by atoms with Gasteiger partial charge in [0.25, 0.3) is 5.69 Å². The summed E-state index contributed by atoms with van der Waals surface area (Å²) in [5.74, 6) is -0.637. The minimum atomic E-state index is -0.679. The Morgan fingerprint density at radius 3 is 2.72 bits per heavy atom. The summed E-state index contributed by atoms with van der Waals surface area (Å²) in [6.07, 6.45) is 0. The molecule has 0 aliphatic rings. The average Bonchev–Trinajstić information content (AvgIpc) is 2.28. The van der Waals surface area contributed by atoms with Crippen LogP contribution in [0.5, 0.6) is 0 Å². The average molecular weight is 256 g/mol. The van der Waals surface area contributed by atoms with Crippen molar-refractivity contribution in [2.45, 2.75) is 6.92 Å². The lowest BCUT2D eigenvalue weighted by atomic mass is 10.2. The molecule has 0 radical (unpaired) electrons. The highest BCUT2D eigenvalue weighted by Gasteiger charge is 2.16. The number of nitro benzene ring substituents is 1. The third-order valence-electron chi connectivity index (χ3n) is 2.21. The highest BCUT2D eigenvalue weighted by molar-refractivity contribution is 5.71. The summed E-state index contributed by atoms with van der Waals surface area (Å²) in [6, 6.07) is 1.53. The standard InChI is InChI=1S/C10H13FN4O3/c1-6-4-8(13-2-3-14-10(12)16)9(15(17)18)5-7(6)11/h4-5,13H,2-3H2,1H3,(H3,12,14,16). The molecule has 0 aliphatic carbocycles. The highest BCUT2D eigenvalue weighted by Crippen LogP contribution is 2.27. The number of hydrogen-bond donors (Lipinski definition) is 3. The molecule has 0 spiro atoms. The second kappa shape index (κ2) is 5.80. The van der Waals surface area contributed by atoms with Gasteiger partial charge in [-0.2, -0.15) is 0 Å². The number of anilines is 1. The number of nitrogens with two attached hydrogens (primary N) is 1. The number of amides is 2. The summed E-state index contributed by atoms with van der Waals surface area (Å²) < 4.78 is 13.2. The van der Waals surface area contributed by atoms with E-state index in [9.17, 15) is 19.3 Å². The van der Waals surface area contributed by atoms with Crippen LogP contribution >= 0.6 is 0 Å². The van der Waals surface area contributed by atoms with E-state index < -0.39 is 16.8 Å². The van der Waals surface area contributed by atoms with Crippen molar-refractivity contribution in [2.24, 2.45) is 5.73 Å². The maximum Gasteiger partial charge on any atom is 0.312 e. The number of hydrogen-bond acceptors (Lipinski definition) is 4. The zero-order valence-corrected chi connectivity index (χ0v) is 9.70. The van der Waals surface area contributed by atoms with Crippen molar-refractivity contribution < 1.29 is 14.1 Å². The smallest absolute Gasteiger partial charge is 0.312 e. The van der Waals surface area contributed by atoms with Crippen LogP contribution < -0.4 is 16.4 Å². The van der Waals surface area contributed by atoms with Crippen LogP contribution in [0.2, 0.25) is 0 Å². The molecule has 2 amide bonds. The van der Waals surface area contributed by atoms with E-state index in [1.807, 2.05) is 0 Å². The number of carbonyl (C=O) groups excluding carboxylic acids is 1. The van der Waals surface area contributed by atoms with Gasteiger partial charge in [0.15, 0.2) is 0 Å². The van der Waals surface area contributed by atoms with Gasteiger partial charge in [-0.15, -0.1) is 0 Å². The molecule has 1 rings (SSSR count). The van der Waals surface area contributed by atoms with Crippen LogP contribution in [-0.4, -0.2) is 24.0 Å². The molecule has 0 heterocycles. The molecule has 1 aromatic carbocycles. The fourth-order valence-electron chi connectivity index (χ4n) is 1.35. The summed E-state index contributed by atoms with van der Waals surface area (Å²) in [5, 5.41) is 15.8. The molecule has 0 atom stereocenters. The number of nitro groups is 1. The number of aryl methyl sites for hydroxylation is 1. The normalized spacial score (nSPS) is 9.89. The van der Waals surface area contributed by atoms with Crippen molar-refractivity contribution >= 4 is 17.4 Å². The van der Waals surface area contributed by atoms with Crippen molar-refractivity contribution in [3.05, 3.63) is 33.6 Å². The number of urea groups is 1. The third kappa shape index (κ3) is 3.58. The van der Waals surface area contributed by atoms with Crippen LogP contribution in [-0.2, 0) is 0 Å². The Bertz CT molecular complexity index is 478. The van der Waals surface area contributed by atoms with Crippen LogP contribution in [0.4, 0.5) is 20.6 Å². The number of primary amides is 1. The topological polar surface area (TPSA) is 110 Å². The van der Waals surface area contributed by atoms with Gasteiger partial charge >= 0.3 is 6.03 Å². The number of nitrogens with zero attached hydrogens (tertiary/aromatic N) is 1. The second-order valence-corrected chi connectivity index (χ2v) is 3.59. The van der Waals surface area contributed by atoms with Crippen molar-refractivity contribution in [1.82, 2.24) is 5.32 Å². The van der Waals surface area contributed by atoms with Crippen molar-refractivity contribution in [1.29, 1.82) is 0 Å². The highest BCUT2D eigenvalue weighted by atomic mass is 19.1. The first-order valence-electron chi connectivity index (χ1n) is 5.13. The summed E-state index contributed by atoms with van der Waals surface area (Å²) >= 11 is 0. The maximum atomic E-state index is 13.2. The first-order chi connectivity index (χ1) is 8.41. The molecule has 18 heavy (non-hydrogen) atoms. The number of benzene rings is 1. The summed E-state index contributed by atoms with van der Waals surface area (Å²) in [5.41, 5.74) is 5.00. The number of carbonyl (C=O) groups is 1. The summed E-state index contributed by atoms with van der Waals surface area (Å²) in [7, 11) is 0. The molecule has 0 saturated carbocycles. The molecule has 1 aromatic rings. The maximum absolute atomic E-state index is 13.2. The molecular formula is C10H13FN4O3. The van der Waals surface area contributed by atoms with E-state index in [0.717, 1.165) is 6.07 Å². The number of nitrogens with one attached hydrogen (secondary N) is 2. The Hall–Kier alpha value is -2.38. The van der Waals surface area contributed by atoms with Crippen molar-refractivity contribution in [2.75, 3.05) is 18.4 Å². The molecule has 4 N–H and O–H groups in total. The Labute approximate surface area is 102 Å². The first-order valence-corrected chi connectivity index (χ1v) is 5.13. The molecule has 0 fully saturated rings. The summed E-state index contributed by atoms with van der Waals surface area (Å²) in [4.78, 5) is 20.5. The van der Waals surface area contributed by atoms with E-state index in [2.05, 4.69) is 10.6 Å². The van der Waals surface area contributed by atoms with Gasteiger partial charge in [0.2, 0.25) is 0 Å². The van der Waals surface area contributed by atoms with Crippen LogP contribution in [0.1, 0.15) is 5.56 Å². The Kier molecular flexibility index (Phi) is 4.41. The Morgan fingerprint density at radius 1 is 1.50 bits per heavy atom. The van der Waals surface area contributed by atoms with E-state index in [0.29, 0.717) is 5.56 Å². The van der Waals surface area contributed by atoms with Crippen molar-refractivity contribution in [3.63, 3.8) is 0 Å². The molecule has 7 nitrogen and oxygen atoms in total. The lowest BCUT2D eigenvalue weighted by Gasteiger charge is -2.08. The fraction of sp³-hybridized carbons (Fsp3) is 0.300. The monoisotopic (exact) mass is 256 g/mol. The van der Waals surface area contributed by atoms with Gasteiger partial charge in [-0.25, -0.2) is 9.18 Å². The molecular weight excluding hydrogens is 243 g/mol. The number of halogens is 1. The SMILES string of the molecule is Cc1cc(NCCNC(N)=O)c([N+](=O)[O-])cc1F. The van der Waals surface area contributed by atoms with Crippen LogP contribution in [0.25, 0.3) is 0 Å². The molecule has 0 bridgehead atoms. The van der Waals surface area contributed by atoms with E-state index in [1.54, 1.807) is 0 Å². The van der Waals surface area contributed by atoms with Crippen LogP contribution in [0, 0.1) is 22.9 Å². The van der Waals surface area contributed by atoms with Gasteiger partial charge in [0, 0.05) is 13.1 Å². The number of rotatable bonds is 5.